The molecule has 21 heavy (non-hydrogen) atoms. The van der Waals surface area contributed by atoms with Crippen molar-refractivity contribution in [1.29, 1.82) is 0 Å². The second-order valence-electron chi connectivity index (χ2n) is 5.33. The fourth-order valence-electron chi connectivity index (χ4n) is 2.86. The summed E-state index contributed by atoms with van der Waals surface area (Å²) in [5.41, 5.74) is 1.58. The zero-order chi connectivity index (χ0) is 15.1. The zero-order valence-electron chi connectivity index (χ0n) is 11.9. The monoisotopic (exact) mass is 326 g/mol. The molecule has 0 saturated carbocycles. The van der Waals surface area contributed by atoms with Gasteiger partial charge in [-0.2, -0.15) is 5.10 Å². The lowest BCUT2D eigenvalue weighted by molar-refractivity contribution is 0.0726. The summed E-state index contributed by atoms with van der Waals surface area (Å²) in [7, 11) is 3.62. The molecular weight excluding hydrogens is 311 g/mol. The second kappa shape index (κ2) is 5.39. The molecule has 1 aliphatic heterocycles. The van der Waals surface area contributed by atoms with Crippen molar-refractivity contribution in [2.45, 2.75) is 18.9 Å². The Morgan fingerprint density at radius 2 is 2.14 bits per heavy atom. The topological polar surface area (TPSA) is 43.1 Å². The Bertz CT molecular complexity index is 691. The van der Waals surface area contributed by atoms with Crippen LogP contribution in [0.4, 0.5) is 0 Å². The van der Waals surface area contributed by atoms with E-state index in [1.165, 1.54) is 0 Å². The summed E-state index contributed by atoms with van der Waals surface area (Å²) >= 11 is 12.1. The molecule has 1 saturated heterocycles. The van der Waals surface area contributed by atoms with E-state index in [1.54, 1.807) is 22.4 Å². The summed E-state index contributed by atoms with van der Waals surface area (Å²) in [5.74, 6) is -0.0438. The SMILES string of the molecule is Cn1cc([C@H]2CCCN2C(=O)c2cc(Cl)c(Cl)n2C)cn1. The molecule has 1 atom stereocenters. The predicted octanol–water partition coefficient (Wildman–Crippen LogP) is 3.04. The number of aromatic nitrogens is 3. The van der Waals surface area contributed by atoms with Crippen LogP contribution in [0.5, 0.6) is 0 Å². The number of carbonyl (C=O) groups excluding carboxylic acids is 1. The van der Waals surface area contributed by atoms with E-state index in [2.05, 4.69) is 5.10 Å². The Kier molecular flexibility index (Phi) is 3.71. The maximum absolute atomic E-state index is 12.8. The van der Waals surface area contributed by atoms with Gasteiger partial charge >= 0.3 is 0 Å². The molecular formula is C14H16Cl2N4O. The summed E-state index contributed by atoms with van der Waals surface area (Å²) in [6.45, 7) is 0.735. The van der Waals surface area contributed by atoms with Crippen LogP contribution in [0.1, 0.15) is 34.9 Å². The molecule has 0 spiro atoms. The lowest BCUT2D eigenvalue weighted by atomic mass is 10.1. The van der Waals surface area contributed by atoms with Crippen LogP contribution < -0.4 is 0 Å². The highest BCUT2D eigenvalue weighted by molar-refractivity contribution is 6.41. The number of hydrogen-bond donors (Lipinski definition) is 0. The molecule has 1 fully saturated rings. The minimum atomic E-state index is -0.0438. The van der Waals surface area contributed by atoms with Crippen LogP contribution in [0.3, 0.4) is 0 Å². The Morgan fingerprint density at radius 1 is 1.38 bits per heavy atom. The van der Waals surface area contributed by atoms with Gasteiger partial charge in [0.05, 0.1) is 17.3 Å². The minimum Gasteiger partial charge on any atom is -0.330 e. The Balaban J connectivity index is 1.91. The first-order chi connectivity index (χ1) is 9.99. The fourth-order valence-corrected chi connectivity index (χ4v) is 3.24. The molecule has 7 heteroatoms. The summed E-state index contributed by atoms with van der Waals surface area (Å²) in [4.78, 5) is 14.7. The van der Waals surface area contributed by atoms with Gasteiger partial charge < -0.3 is 9.47 Å². The summed E-state index contributed by atoms with van der Waals surface area (Å²) in [5, 5.41) is 4.98. The molecule has 0 N–H and O–H groups in total. The molecule has 1 amide bonds. The van der Waals surface area contributed by atoms with Gasteiger partial charge in [-0.1, -0.05) is 23.2 Å². The molecule has 0 bridgehead atoms. The van der Waals surface area contributed by atoms with Crippen molar-refractivity contribution in [3.8, 4) is 0 Å². The molecule has 3 rings (SSSR count). The van der Waals surface area contributed by atoms with E-state index >= 15 is 0 Å². The lowest BCUT2D eigenvalue weighted by Gasteiger charge is -2.24. The van der Waals surface area contributed by atoms with Crippen molar-refractivity contribution in [3.63, 3.8) is 0 Å². The van der Waals surface area contributed by atoms with Gasteiger partial charge in [0.25, 0.3) is 5.91 Å². The normalized spacial score (nSPS) is 18.5. The van der Waals surface area contributed by atoms with Crippen molar-refractivity contribution in [1.82, 2.24) is 19.2 Å². The van der Waals surface area contributed by atoms with Crippen molar-refractivity contribution in [2.75, 3.05) is 6.54 Å². The quantitative estimate of drug-likeness (QED) is 0.851. The molecule has 0 unspecified atom stereocenters. The van der Waals surface area contributed by atoms with Crippen molar-refractivity contribution in [2.24, 2.45) is 14.1 Å². The van der Waals surface area contributed by atoms with Gasteiger partial charge in [0.1, 0.15) is 10.8 Å². The summed E-state index contributed by atoms with van der Waals surface area (Å²) in [6.07, 6.45) is 5.71. The molecule has 5 nitrogen and oxygen atoms in total. The van der Waals surface area contributed by atoms with Crippen LogP contribution in [0.15, 0.2) is 18.5 Å². The Hall–Kier alpha value is -1.46. The smallest absolute Gasteiger partial charge is 0.271 e. The Labute approximate surface area is 133 Å². The van der Waals surface area contributed by atoms with Crippen molar-refractivity contribution >= 4 is 29.1 Å². The molecule has 3 heterocycles. The van der Waals surface area contributed by atoms with Crippen LogP contribution in [-0.4, -0.2) is 31.7 Å². The maximum atomic E-state index is 12.8. The van der Waals surface area contributed by atoms with E-state index in [1.807, 2.05) is 24.3 Å². The highest BCUT2D eigenvalue weighted by Gasteiger charge is 2.33. The number of nitrogens with zero attached hydrogens (tertiary/aromatic N) is 4. The van der Waals surface area contributed by atoms with E-state index in [9.17, 15) is 4.79 Å². The van der Waals surface area contributed by atoms with Crippen LogP contribution >= 0.6 is 23.2 Å². The molecule has 0 radical (unpaired) electrons. The standard InChI is InChI=1S/C14H16Cl2N4O/c1-18-8-9(7-17-18)11-4-3-5-20(11)14(21)12-6-10(15)13(16)19(12)2/h6-8,11H,3-5H2,1-2H3/t11-/m1/s1. The third-order valence-electron chi connectivity index (χ3n) is 3.96. The highest BCUT2D eigenvalue weighted by atomic mass is 35.5. The summed E-state index contributed by atoms with van der Waals surface area (Å²) < 4.78 is 3.39. The average molecular weight is 327 g/mol. The van der Waals surface area contributed by atoms with Gasteiger partial charge in [-0.3, -0.25) is 9.48 Å². The fraction of sp³-hybridized carbons (Fsp3) is 0.429. The first-order valence-electron chi connectivity index (χ1n) is 6.79. The molecule has 2 aromatic rings. The van der Waals surface area contributed by atoms with Crippen LogP contribution in [0.25, 0.3) is 0 Å². The molecule has 1 aliphatic rings. The van der Waals surface area contributed by atoms with Crippen LogP contribution in [0.2, 0.25) is 10.2 Å². The summed E-state index contributed by atoms with van der Waals surface area (Å²) in [6, 6.07) is 1.70. The van der Waals surface area contributed by atoms with Crippen molar-refractivity contribution < 1.29 is 4.79 Å². The molecule has 112 valence electrons. The van der Waals surface area contributed by atoms with Gasteiger partial charge in [-0.25, -0.2) is 0 Å². The number of hydrogen-bond acceptors (Lipinski definition) is 2. The number of carbonyl (C=O) groups is 1. The first kappa shape index (κ1) is 14.5. The molecule has 0 aliphatic carbocycles. The Morgan fingerprint density at radius 3 is 2.71 bits per heavy atom. The van der Waals surface area contributed by atoms with Gasteiger partial charge in [0.2, 0.25) is 0 Å². The van der Waals surface area contributed by atoms with E-state index in [0.717, 1.165) is 24.9 Å². The van der Waals surface area contributed by atoms with Crippen LogP contribution in [-0.2, 0) is 14.1 Å². The minimum absolute atomic E-state index is 0.0438. The van der Waals surface area contributed by atoms with E-state index in [-0.39, 0.29) is 11.9 Å². The van der Waals surface area contributed by atoms with Gasteiger partial charge in [0, 0.05) is 32.4 Å². The third-order valence-corrected chi connectivity index (χ3v) is 4.80. The van der Waals surface area contributed by atoms with E-state index in [4.69, 9.17) is 23.2 Å². The second-order valence-corrected chi connectivity index (χ2v) is 6.10. The van der Waals surface area contributed by atoms with Gasteiger partial charge in [-0.05, 0) is 18.9 Å². The molecule has 0 aromatic carbocycles. The number of rotatable bonds is 2. The number of halogens is 2. The molecule has 2 aromatic heterocycles. The van der Waals surface area contributed by atoms with Crippen LogP contribution in [0, 0.1) is 0 Å². The maximum Gasteiger partial charge on any atom is 0.271 e. The largest absolute Gasteiger partial charge is 0.330 e. The average Bonchev–Trinajstić information content (AvgIpc) is 3.14. The predicted molar refractivity (Wildman–Crippen MR) is 81.7 cm³/mol. The first-order valence-corrected chi connectivity index (χ1v) is 7.55. The van der Waals surface area contributed by atoms with Crippen molar-refractivity contribution in [3.05, 3.63) is 39.9 Å². The number of amides is 1. The van der Waals surface area contributed by atoms with Gasteiger partial charge in [0.15, 0.2) is 0 Å². The lowest BCUT2D eigenvalue weighted by Crippen LogP contribution is -2.31. The van der Waals surface area contributed by atoms with Gasteiger partial charge in [-0.15, -0.1) is 0 Å². The third kappa shape index (κ3) is 2.45. The number of aryl methyl sites for hydroxylation is 1. The number of likely N-dealkylation sites (tertiary alicyclic amines) is 1. The van der Waals surface area contributed by atoms with E-state index in [0.29, 0.717) is 15.9 Å². The van der Waals surface area contributed by atoms with E-state index < -0.39 is 0 Å². The highest BCUT2D eigenvalue weighted by Crippen LogP contribution is 2.34. The zero-order valence-corrected chi connectivity index (χ0v) is 13.4.